The van der Waals surface area contributed by atoms with Gasteiger partial charge in [0.2, 0.25) is 0 Å². The Morgan fingerprint density at radius 1 is 1.60 bits per heavy atom. The highest BCUT2D eigenvalue weighted by Crippen LogP contribution is 2.20. The third kappa shape index (κ3) is 3.49. The van der Waals surface area contributed by atoms with Crippen LogP contribution in [0, 0.1) is 5.92 Å². The summed E-state index contributed by atoms with van der Waals surface area (Å²) in [5.41, 5.74) is -0.425. The van der Waals surface area contributed by atoms with E-state index >= 15 is 0 Å². The molecule has 15 heavy (non-hydrogen) atoms. The molecule has 2 unspecified atom stereocenters. The summed E-state index contributed by atoms with van der Waals surface area (Å²) in [7, 11) is 0. The van der Waals surface area contributed by atoms with Crippen molar-refractivity contribution in [2.24, 2.45) is 5.92 Å². The lowest BCUT2D eigenvalue weighted by Crippen LogP contribution is -2.46. The maximum absolute atomic E-state index is 11.8. The molecule has 0 aromatic rings. The highest BCUT2D eigenvalue weighted by molar-refractivity contribution is 5.80. The van der Waals surface area contributed by atoms with E-state index in [-0.39, 0.29) is 5.97 Å². The molecule has 0 aromatic carbocycles. The molecular formula is C12H23NO2. The van der Waals surface area contributed by atoms with Gasteiger partial charge < -0.3 is 10.1 Å². The lowest BCUT2D eigenvalue weighted by Gasteiger charge is -2.23. The summed E-state index contributed by atoms with van der Waals surface area (Å²) >= 11 is 0. The Balaban J connectivity index is 2.29. The largest absolute Gasteiger partial charge is 0.464 e. The molecule has 1 fully saturated rings. The van der Waals surface area contributed by atoms with E-state index in [1.807, 2.05) is 6.92 Å². The number of hydrogen-bond donors (Lipinski definition) is 1. The Hall–Kier alpha value is -0.570. The fourth-order valence-corrected chi connectivity index (χ4v) is 2.02. The number of esters is 1. The SMILES string of the molecule is CCCC(C)COC(=O)C1(C)CCCN1. The van der Waals surface area contributed by atoms with Crippen LogP contribution in [0.25, 0.3) is 0 Å². The first kappa shape index (κ1) is 12.5. The van der Waals surface area contributed by atoms with Gasteiger partial charge in [0, 0.05) is 0 Å². The van der Waals surface area contributed by atoms with Crippen molar-refractivity contribution >= 4 is 5.97 Å². The number of ether oxygens (including phenoxy) is 1. The van der Waals surface area contributed by atoms with Crippen molar-refractivity contribution in [3.05, 3.63) is 0 Å². The van der Waals surface area contributed by atoms with E-state index in [2.05, 4.69) is 19.2 Å². The van der Waals surface area contributed by atoms with Crippen LogP contribution in [0.15, 0.2) is 0 Å². The Morgan fingerprint density at radius 3 is 2.87 bits per heavy atom. The van der Waals surface area contributed by atoms with Crippen molar-refractivity contribution in [1.29, 1.82) is 0 Å². The molecule has 0 aromatic heterocycles. The molecule has 0 radical (unpaired) electrons. The van der Waals surface area contributed by atoms with Gasteiger partial charge in [0.25, 0.3) is 0 Å². The Kier molecular flexibility index (Phi) is 4.58. The van der Waals surface area contributed by atoms with Gasteiger partial charge in [0.15, 0.2) is 0 Å². The lowest BCUT2D eigenvalue weighted by molar-refractivity contribution is -0.151. The van der Waals surface area contributed by atoms with E-state index in [1.165, 1.54) is 0 Å². The van der Waals surface area contributed by atoms with Crippen molar-refractivity contribution in [3.8, 4) is 0 Å². The molecule has 0 aliphatic carbocycles. The molecule has 0 spiro atoms. The van der Waals surface area contributed by atoms with E-state index in [4.69, 9.17) is 4.74 Å². The zero-order valence-corrected chi connectivity index (χ0v) is 10.1. The Morgan fingerprint density at radius 2 is 2.33 bits per heavy atom. The van der Waals surface area contributed by atoms with Gasteiger partial charge in [-0.25, -0.2) is 0 Å². The van der Waals surface area contributed by atoms with Gasteiger partial charge in [-0.3, -0.25) is 4.79 Å². The highest BCUT2D eigenvalue weighted by Gasteiger charge is 2.37. The van der Waals surface area contributed by atoms with Gasteiger partial charge in [0.1, 0.15) is 5.54 Å². The van der Waals surface area contributed by atoms with E-state index in [9.17, 15) is 4.79 Å². The first-order valence-electron chi connectivity index (χ1n) is 6.00. The molecule has 88 valence electrons. The molecule has 0 saturated carbocycles. The fourth-order valence-electron chi connectivity index (χ4n) is 2.02. The van der Waals surface area contributed by atoms with E-state index < -0.39 is 5.54 Å². The topological polar surface area (TPSA) is 38.3 Å². The zero-order chi connectivity index (χ0) is 11.3. The molecule has 1 aliphatic heterocycles. The summed E-state index contributed by atoms with van der Waals surface area (Å²) in [6.07, 6.45) is 4.23. The van der Waals surface area contributed by atoms with E-state index in [0.717, 1.165) is 32.2 Å². The van der Waals surface area contributed by atoms with Gasteiger partial charge in [-0.2, -0.15) is 0 Å². The van der Waals surface area contributed by atoms with Gasteiger partial charge >= 0.3 is 5.97 Å². The quantitative estimate of drug-likeness (QED) is 0.711. The minimum absolute atomic E-state index is 0.0806. The minimum atomic E-state index is -0.425. The van der Waals surface area contributed by atoms with E-state index in [1.54, 1.807) is 0 Å². The molecular weight excluding hydrogens is 190 g/mol. The molecule has 0 amide bonds. The average Bonchev–Trinajstić information content (AvgIpc) is 2.63. The van der Waals surface area contributed by atoms with Crippen molar-refractivity contribution in [3.63, 3.8) is 0 Å². The average molecular weight is 213 g/mol. The van der Waals surface area contributed by atoms with Crippen molar-refractivity contribution in [2.45, 2.75) is 52.0 Å². The first-order chi connectivity index (χ1) is 7.08. The lowest BCUT2D eigenvalue weighted by atomic mass is 10.0. The number of carbonyl (C=O) groups excluding carboxylic acids is 1. The third-order valence-corrected chi connectivity index (χ3v) is 3.10. The molecule has 1 heterocycles. The standard InChI is InChI=1S/C12H23NO2/c1-4-6-10(2)9-15-11(14)12(3)7-5-8-13-12/h10,13H,4-9H2,1-3H3. The normalized spacial score (nSPS) is 27.7. The summed E-state index contributed by atoms with van der Waals surface area (Å²) < 4.78 is 5.34. The van der Waals surface area contributed by atoms with E-state index in [0.29, 0.717) is 12.5 Å². The maximum atomic E-state index is 11.8. The Labute approximate surface area is 92.6 Å². The maximum Gasteiger partial charge on any atom is 0.326 e. The van der Waals surface area contributed by atoms with Crippen LogP contribution in [0.5, 0.6) is 0 Å². The summed E-state index contributed by atoms with van der Waals surface area (Å²) in [4.78, 5) is 11.8. The van der Waals surface area contributed by atoms with Crippen LogP contribution in [0.2, 0.25) is 0 Å². The summed E-state index contributed by atoms with van der Waals surface area (Å²) in [5, 5.41) is 3.21. The van der Waals surface area contributed by atoms with Crippen LogP contribution in [-0.4, -0.2) is 24.7 Å². The second-order valence-electron chi connectivity index (χ2n) is 4.85. The molecule has 3 nitrogen and oxygen atoms in total. The molecule has 2 atom stereocenters. The smallest absolute Gasteiger partial charge is 0.326 e. The predicted octanol–water partition coefficient (Wildman–Crippen LogP) is 2.11. The molecule has 0 bridgehead atoms. The van der Waals surface area contributed by atoms with Crippen LogP contribution < -0.4 is 5.32 Å². The van der Waals surface area contributed by atoms with Crippen molar-refractivity contribution in [1.82, 2.24) is 5.32 Å². The second-order valence-corrected chi connectivity index (χ2v) is 4.85. The summed E-state index contributed by atoms with van der Waals surface area (Å²) in [6, 6.07) is 0. The summed E-state index contributed by atoms with van der Waals surface area (Å²) in [5.74, 6) is 0.395. The van der Waals surface area contributed by atoms with Crippen LogP contribution in [0.1, 0.15) is 46.5 Å². The number of nitrogens with one attached hydrogen (secondary N) is 1. The van der Waals surface area contributed by atoms with Gasteiger partial charge in [-0.1, -0.05) is 20.3 Å². The molecule has 1 aliphatic rings. The number of carbonyl (C=O) groups is 1. The highest BCUT2D eigenvalue weighted by atomic mass is 16.5. The molecule has 1 N–H and O–H groups in total. The second kappa shape index (κ2) is 5.50. The zero-order valence-electron chi connectivity index (χ0n) is 10.1. The number of rotatable bonds is 5. The summed E-state index contributed by atoms with van der Waals surface area (Å²) in [6.45, 7) is 7.70. The number of hydrogen-bond acceptors (Lipinski definition) is 3. The third-order valence-electron chi connectivity index (χ3n) is 3.10. The van der Waals surface area contributed by atoms with Crippen LogP contribution in [0.4, 0.5) is 0 Å². The predicted molar refractivity (Wildman–Crippen MR) is 60.7 cm³/mol. The monoisotopic (exact) mass is 213 g/mol. The molecule has 3 heteroatoms. The molecule has 1 rings (SSSR count). The van der Waals surface area contributed by atoms with Gasteiger partial charge in [-0.15, -0.1) is 0 Å². The van der Waals surface area contributed by atoms with Crippen LogP contribution >= 0.6 is 0 Å². The van der Waals surface area contributed by atoms with Crippen molar-refractivity contribution in [2.75, 3.05) is 13.2 Å². The Bertz CT molecular complexity index is 210. The van der Waals surface area contributed by atoms with Crippen molar-refractivity contribution < 1.29 is 9.53 Å². The van der Waals surface area contributed by atoms with Gasteiger partial charge in [0.05, 0.1) is 6.61 Å². The minimum Gasteiger partial charge on any atom is -0.464 e. The first-order valence-corrected chi connectivity index (χ1v) is 6.00. The van der Waals surface area contributed by atoms with Crippen LogP contribution in [-0.2, 0) is 9.53 Å². The fraction of sp³-hybridized carbons (Fsp3) is 0.917. The van der Waals surface area contributed by atoms with Gasteiger partial charge in [-0.05, 0) is 38.6 Å². The molecule has 1 saturated heterocycles. The van der Waals surface area contributed by atoms with Crippen LogP contribution in [0.3, 0.4) is 0 Å².